The molecule has 13 heavy (non-hydrogen) atoms. The minimum atomic E-state index is 0.130. The Morgan fingerprint density at radius 2 is 2.15 bits per heavy atom. The quantitative estimate of drug-likeness (QED) is 0.649. The van der Waals surface area contributed by atoms with Gasteiger partial charge in [0.1, 0.15) is 0 Å². The average Bonchev–Trinajstić information content (AvgIpc) is 2.47. The molecule has 3 nitrogen and oxygen atoms in total. The highest BCUT2D eigenvalue weighted by atomic mass is 16.3. The zero-order valence-corrected chi connectivity index (χ0v) is 7.12. The first kappa shape index (κ1) is 8.13. The number of aromatic amines is 1. The van der Waals surface area contributed by atoms with E-state index in [4.69, 9.17) is 5.11 Å². The van der Waals surface area contributed by atoms with Gasteiger partial charge in [0, 0.05) is 23.6 Å². The molecule has 0 aliphatic heterocycles. The SMILES string of the molecule is OCCc1cccc2[nH]c(O)cc12. The fourth-order valence-corrected chi connectivity index (χ4v) is 1.54. The van der Waals surface area contributed by atoms with Crippen LogP contribution in [0.3, 0.4) is 0 Å². The Hall–Kier alpha value is -1.48. The van der Waals surface area contributed by atoms with Crippen LogP contribution in [0.5, 0.6) is 5.88 Å². The van der Waals surface area contributed by atoms with Gasteiger partial charge < -0.3 is 15.2 Å². The van der Waals surface area contributed by atoms with Crippen molar-refractivity contribution in [2.45, 2.75) is 6.42 Å². The third-order valence-corrected chi connectivity index (χ3v) is 2.12. The van der Waals surface area contributed by atoms with Gasteiger partial charge in [0.25, 0.3) is 0 Å². The largest absolute Gasteiger partial charge is 0.495 e. The van der Waals surface area contributed by atoms with E-state index in [2.05, 4.69) is 4.98 Å². The number of aliphatic hydroxyl groups is 1. The van der Waals surface area contributed by atoms with Crippen LogP contribution < -0.4 is 0 Å². The van der Waals surface area contributed by atoms with Crippen LogP contribution in [0, 0.1) is 0 Å². The molecule has 0 amide bonds. The molecule has 0 aliphatic rings. The summed E-state index contributed by atoms with van der Waals surface area (Å²) >= 11 is 0. The van der Waals surface area contributed by atoms with Crippen LogP contribution in [0.4, 0.5) is 0 Å². The monoisotopic (exact) mass is 177 g/mol. The molecule has 3 heteroatoms. The molecule has 0 fully saturated rings. The molecular formula is C10H11NO2. The van der Waals surface area contributed by atoms with Crippen molar-refractivity contribution in [2.24, 2.45) is 0 Å². The Balaban J connectivity index is 2.60. The second-order valence-electron chi connectivity index (χ2n) is 3.01. The highest BCUT2D eigenvalue weighted by molar-refractivity contribution is 5.84. The highest BCUT2D eigenvalue weighted by Crippen LogP contribution is 2.23. The van der Waals surface area contributed by atoms with Crippen LogP contribution in [0.15, 0.2) is 24.3 Å². The number of fused-ring (bicyclic) bond motifs is 1. The Bertz CT molecular complexity index is 420. The van der Waals surface area contributed by atoms with Crippen molar-refractivity contribution in [3.63, 3.8) is 0 Å². The number of rotatable bonds is 2. The van der Waals surface area contributed by atoms with Gasteiger partial charge in [-0.1, -0.05) is 12.1 Å². The van der Waals surface area contributed by atoms with Gasteiger partial charge >= 0.3 is 0 Å². The van der Waals surface area contributed by atoms with Gasteiger partial charge in [-0.2, -0.15) is 0 Å². The number of nitrogens with one attached hydrogen (secondary N) is 1. The number of hydrogen-bond acceptors (Lipinski definition) is 2. The molecular weight excluding hydrogens is 166 g/mol. The molecule has 0 bridgehead atoms. The van der Waals surface area contributed by atoms with E-state index in [1.165, 1.54) is 0 Å². The van der Waals surface area contributed by atoms with Gasteiger partial charge in [0.2, 0.25) is 0 Å². The van der Waals surface area contributed by atoms with E-state index >= 15 is 0 Å². The molecule has 1 heterocycles. The van der Waals surface area contributed by atoms with Crippen molar-refractivity contribution in [3.8, 4) is 5.88 Å². The van der Waals surface area contributed by atoms with Crippen molar-refractivity contribution in [1.29, 1.82) is 0 Å². The fraction of sp³-hybridized carbons (Fsp3) is 0.200. The number of H-pyrrole nitrogens is 1. The molecule has 1 aromatic heterocycles. The van der Waals surface area contributed by atoms with E-state index in [9.17, 15) is 5.11 Å². The summed E-state index contributed by atoms with van der Waals surface area (Å²) in [4.78, 5) is 2.83. The van der Waals surface area contributed by atoms with Crippen molar-refractivity contribution < 1.29 is 10.2 Å². The summed E-state index contributed by atoms with van der Waals surface area (Å²) in [5.41, 5.74) is 1.96. The lowest BCUT2D eigenvalue weighted by molar-refractivity contribution is 0.300. The van der Waals surface area contributed by atoms with Gasteiger partial charge in [-0.15, -0.1) is 0 Å². The van der Waals surface area contributed by atoms with Gasteiger partial charge in [0.05, 0.1) is 0 Å². The first-order valence-electron chi connectivity index (χ1n) is 4.21. The minimum Gasteiger partial charge on any atom is -0.495 e. The van der Waals surface area contributed by atoms with E-state index in [1.54, 1.807) is 6.07 Å². The molecule has 0 spiro atoms. The van der Waals surface area contributed by atoms with Gasteiger partial charge in [-0.3, -0.25) is 0 Å². The molecule has 1 aromatic carbocycles. The van der Waals surface area contributed by atoms with E-state index in [0.29, 0.717) is 6.42 Å². The van der Waals surface area contributed by atoms with Gasteiger partial charge in [-0.05, 0) is 18.1 Å². The minimum absolute atomic E-state index is 0.130. The summed E-state index contributed by atoms with van der Waals surface area (Å²) in [5, 5.41) is 19.0. The van der Waals surface area contributed by atoms with Crippen molar-refractivity contribution >= 4 is 10.9 Å². The molecule has 0 saturated heterocycles. The standard InChI is InChI=1S/C10H11NO2/c12-5-4-7-2-1-3-9-8(7)6-10(13)11-9/h1-3,6,11-13H,4-5H2. The smallest absolute Gasteiger partial charge is 0.189 e. The summed E-state index contributed by atoms with van der Waals surface area (Å²) in [6.45, 7) is 0.130. The maximum absolute atomic E-state index is 9.23. The first-order valence-corrected chi connectivity index (χ1v) is 4.21. The second kappa shape index (κ2) is 3.11. The number of hydrogen-bond donors (Lipinski definition) is 3. The summed E-state index contributed by atoms with van der Waals surface area (Å²) in [7, 11) is 0. The van der Waals surface area contributed by atoms with Crippen LogP contribution in [0.25, 0.3) is 10.9 Å². The molecule has 2 rings (SSSR count). The average molecular weight is 177 g/mol. The molecule has 0 saturated carbocycles. The fourth-order valence-electron chi connectivity index (χ4n) is 1.54. The summed E-state index contributed by atoms with van der Waals surface area (Å²) in [6.07, 6.45) is 0.620. The molecule has 0 aliphatic carbocycles. The zero-order valence-electron chi connectivity index (χ0n) is 7.12. The Morgan fingerprint density at radius 3 is 2.92 bits per heavy atom. The Kier molecular flexibility index (Phi) is 1.94. The highest BCUT2D eigenvalue weighted by Gasteiger charge is 2.03. The maximum Gasteiger partial charge on any atom is 0.189 e. The third-order valence-electron chi connectivity index (χ3n) is 2.12. The lowest BCUT2D eigenvalue weighted by atomic mass is 10.1. The predicted molar refractivity (Wildman–Crippen MR) is 50.8 cm³/mol. The molecule has 68 valence electrons. The maximum atomic E-state index is 9.23. The second-order valence-corrected chi connectivity index (χ2v) is 3.01. The van der Waals surface area contributed by atoms with Crippen molar-refractivity contribution in [3.05, 3.63) is 29.8 Å². The number of aromatic nitrogens is 1. The van der Waals surface area contributed by atoms with E-state index < -0.39 is 0 Å². The van der Waals surface area contributed by atoms with Gasteiger partial charge in [0.15, 0.2) is 5.88 Å². The predicted octanol–water partition coefficient (Wildman–Crippen LogP) is 1.41. The van der Waals surface area contributed by atoms with Gasteiger partial charge in [-0.25, -0.2) is 0 Å². The van der Waals surface area contributed by atoms with E-state index in [1.807, 2.05) is 18.2 Å². The van der Waals surface area contributed by atoms with Crippen molar-refractivity contribution in [1.82, 2.24) is 4.98 Å². The molecule has 3 N–H and O–H groups in total. The van der Waals surface area contributed by atoms with E-state index in [-0.39, 0.29) is 12.5 Å². The molecule has 2 aromatic rings. The van der Waals surface area contributed by atoms with Crippen molar-refractivity contribution in [2.75, 3.05) is 6.61 Å². The van der Waals surface area contributed by atoms with Crippen LogP contribution in [-0.4, -0.2) is 21.8 Å². The van der Waals surface area contributed by atoms with Crippen LogP contribution >= 0.6 is 0 Å². The third kappa shape index (κ3) is 1.38. The normalized spacial score (nSPS) is 10.8. The summed E-state index contributed by atoms with van der Waals surface area (Å²) in [6, 6.07) is 7.44. The molecule has 0 radical (unpaired) electrons. The topological polar surface area (TPSA) is 56.2 Å². The lowest BCUT2D eigenvalue weighted by Crippen LogP contribution is -1.90. The molecule has 0 unspecified atom stereocenters. The number of aromatic hydroxyl groups is 1. The summed E-state index contributed by atoms with van der Waals surface area (Å²) in [5.74, 6) is 0.167. The van der Waals surface area contributed by atoms with Crippen LogP contribution in [0.1, 0.15) is 5.56 Å². The van der Waals surface area contributed by atoms with Crippen LogP contribution in [0.2, 0.25) is 0 Å². The number of aliphatic hydroxyl groups excluding tert-OH is 1. The molecule has 0 atom stereocenters. The van der Waals surface area contributed by atoms with Crippen LogP contribution in [-0.2, 0) is 6.42 Å². The zero-order chi connectivity index (χ0) is 9.26. The lowest BCUT2D eigenvalue weighted by Gasteiger charge is -1.98. The van der Waals surface area contributed by atoms with E-state index in [0.717, 1.165) is 16.5 Å². The first-order chi connectivity index (χ1) is 6.31. The number of benzene rings is 1. The summed E-state index contributed by atoms with van der Waals surface area (Å²) < 4.78 is 0. The Morgan fingerprint density at radius 1 is 1.31 bits per heavy atom. The Labute approximate surface area is 75.6 Å².